The van der Waals surface area contributed by atoms with Crippen molar-refractivity contribution in [1.29, 1.82) is 0 Å². The second-order valence-corrected chi connectivity index (χ2v) is 8.01. The first kappa shape index (κ1) is 19.0. The normalized spacial score (nSPS) is 23.9. The van der Waals surface area contributed by atoms with Crippen molar-refractivity contribution < 1.29 is 18.7 Å². The van der Waals surface area contributed by atoms with Crippen LogP contribution in [0.15, 0.2) is 24.3 Å². The van der Waals surface area contributed by atoms with E-state index in [1.165, 1.54) is 19.2 Å². The third kappa shape index (κ3) is 3.65. The van der Waals surface area contributed by atoms with E-state index in [0.29, 0.717) is 16.5 Å². The molecule has 1 aromatic carbocycles. The molecule has 4 rings (SSSR count). The molecule has 1 aromatic heterocycles. The number of esters is 1. The van der Waals surface area contributed by atoms with Gasteiger partial charge in [-0.05, 0) is 30.5 Å². The lowest BCUT2D eigenvalue weighted by atomic mass is 9.81. The minimum Gasteiger partial charge on any atom is -0.464 e. The molecule has 1 aliphatic heterocycles. The molecule has 2 heterocycles. The highest BCUT2D eigenvalue weighted by Crippen LogP contribution is 2.35. The van der Waals surface area contributed by atoms with Gasteiger partial charge in [0.25, 0.3) is 0 Å². The number of ether oxygens (including phenoxy) is 1. The fourth-order valence-electron chi connectivity index (χ4n) is 3.92. The number of hydrazine groups is 1. The standard InChI is InChI=1S/C19H21FN4O3S/c1-27-18(26)15-16(10-5-4-6-11(20)9-10)28-19(21-15)22-17(25)14-12-7-2-3-8-13(12)23-24-14/h4-6,9,12-14,23-24H,2-3,7-8H2,1H3,(H,21,22,25). The molecule has 1 saturated heterocycles. The van der Waals surface area contributed by atoms with Crippen molar-refractivity contribution in [1.82, 2.24) is 15.8 Å². The van der Waals surface area contributed by atoms with Gasteiger partial charge in [0.05, 0.1) is 12.0 Å². The van der Waals surface area contributed by atoms with E-state index in [1.54, 1.807) is 12.1 Å². The van der Waals surface area contributed by atoms with Gasteiger partial charge in [0.15, 0.2) is 10.8 Å². The first-order valence-corrected chi connectivity index (χ1v) is 10.1. The Kier molecular flexibility index (Phi) is 5.38. The molecule has 9 heteroatoms. The number of methoxy groups -OCH3 is 1. The summed E-state index contributed by atoms with van der Waals surface area (Å²) in [5, 5.41) is 3.09. The van der Waals surface area contributed by atoms with E-state index in [9.17, 15) is 14.0 Å². The number of fused-ring (bicyclic) bond motifs is 1. The summed E-state index contributed by atoms with van der Waals surface area (Å²) in [4.78, 5) is 29.6. The van der Waals surface area contributed by atoms with Crippen LogP contribution in [0, 0.1) is 11.7 Å². The number of hydrogen-bond donors (Lipinski definition) is 3. The number of rotatable bonds is 4. The van der Waals surface area contributed by atoms with Crippen LogP contribution >= 0.6 is 11.3 Å². The molecule has 3 N–H and O–H groups in total. The summed E-state index contributed by atoms with van der Waals surface area (Å²) in [6.45, 7) is 0. The summed E-state index contributed by atoms with van der Waals surface area (Å²) in [6, 6.07) is 5.83. The van der Waals surface area contributed by atoms with Gasteiger partial charge in [-0.1, -0.05) is 36.3 Å². The van der Waals surface area contributed by atoms with E-state index >= 15 is 0 Å². The maximum Gasteiger partial charge on any atom is 0.358 e. The van der Waals surface area contributed by atoms with Crippen LogP contribution in [-0.2, 0) is 9.53 Å². The first-order valence-electron chi connectivity index (χ1n) is 9.24. The van der Waals surface area contributed by atoms with Gasteiger partial charge in [0.2, 0.25) is 5.91 Å². The number of hydrogen-bond acceptors (Lipinski definition) is 7. The van der Waals surface area contributed by atoms with Crippen molar-refractivity contribution in [2.75, 3.05) is 12.4 Å². The maximum atomic E-state index is 13.6. The zero-order valence-electron chi connectivity index (χ0n) is 15.3. The molecule has 1 saturated carbocycles. The maximum absolute atomic E-state index is 13.6. The van der Waals surface area contributed by atoms with Gasteiger partial charge in [-0.15, -0.1) is 0 Å². The average Bonchev–Trinajstić information content (AvgIpc) is 3.31. The monoisotopic (exact) mass is 404 g/mol. The molecule has 0 spiro atoms. The van der Waals surface area contributed by atoms with Crippen molar-refractivity contribution in [3.05, 3.63) is 35.8 Å². The second kappa shape index (κ2) is 7.94. The van der Waals surface area contributed by atoms with Crippen molar-refractivity contribution in [3.63, 3.8) is 0 Å². The van der Waals surface area contributed by atoms with Gasteiger partial charge in [0.1, 0.15) is 11.9 Å². The van der Waals surface area contributed by atoms with Crippen molar-refractivity contribution in [2.24, 2.45) is 5.92 Å². The summed E-state index contributed by atoms with van der Waals surface area (Å²) < 4.78 is 18.4. The number of amides is 1. The average molecular weight is 404 g/mol. The van der Waals surface area contributed by atoms with Crippen LogP contribution in [0.4, 0.5) is 9.52 Å². The zero-order chi connectivity index (χ0) is 19.7. The molecule has 1 aliphatic carbocycles. The van der Waals surface area contributed by atoms with Crippen LogP contribution in [0.25, 0.3) is 10.4 Å². The molecule has 1 amide bonds. The van der Waals surface area contributed by atoms with E-state index in [2.05, 4.69) is 21.2 Å². The Labute approximate surface area is 165 Å². The Hall–Kier alpha value is -2.36. The van der Waals surface area contributed by atoms with E-state index in [4.69, 9.17) is 4.74 Å². The van der Waals surface area contributed by atoms with Crippen LogP contribution in [0.5, 0.6) is 0 Å². The number of thiazole rings is 1. The molecule has 3 atom stereocenters. The SMILES string of the molecule is COC(=O)c1nc(NC(=O)C2NNC3CCCCC32)sc1-c1cccc(F)c1. The number of carbonyl (C=O) groups is 2. The predicted molar refractivity (Wildman–Crippen MR) is 103 cm³/mol. The minimum absolute atomic E-state index is 0.0569. The number of halogens is 1. The van der Waals surface area contributed by atoms with Crippen LogP contribution < -0.4 is 16.2 Å². The Morgan fingerprint density at radius 2 is 2.11 bits per heavy atom. The molecule has 0 radical (unpaired) electrons. The van der Waals surface area contributed by atoms with E-state index < -0.39 is 11.8 Å². The van der Waals surface area contributed by atoms with E-state index in [-0.39, 0.29) is 28.7 Å². The number of nitrogens with zero attached hydrogens (tertiary/aromatic N) is 1. The molecular formula is C19H21FN4O3S. The second-order valence-electron chi connectivity index (χ2n) is 7.01. The predicted octanol–water partition coefficient (Wildman–Crippen LogP) is 2.71. The Balaban J connectivity index is 1.58. The molecule has 7 nitrogen and oxygen atoms in total. The smallest absolute Gasteiger partial charge is 0.358 e. The Bertz CT molecular complexity index is 903. The third-order valence-corrected chi connectivity index (χ3v) is 6.30. The fraction of sp³-hybridized carbons (Fsp3) is 0.421. The van der Waals surface area contributed by atoms with Crippen LogP contribution in [0.2, 0.25) is 0 Å². The molecular weight excluding hydrogens is 383 g/mol. The summed E-state index contributed by atoms with van der Waals surface area (Å²) in [6.07, 6.45) is 4.31. The van der Waals surface area contributed by atoms with Crippen molar-refractivity contribution >= 4 is 28.3 Å². The first-order chi connectivity index (χ1) is 13.6. The van der Waals surface area contributed by atoms with Crippen LogP contribution in [-0.4, -0.2) is 36.1 Å². The Morgan fingerprint density at radius 1 is 1.29 bits per heavy atom. The quantitative estimate of drug-likeness (QED) is 0.679. The molecule has 148 valence electrons. The number of benzene rings is 1. The number of anilines is 1. The highest BCUT2D eigenvalue weighted by Gasteiger charge is 2.41. The molecule has 3 unspecified atom stereocenters. The molecule has 2 fully saturated rings. The van der Waals surface area contributed by atoms with Crippen molar-refractivity contribution in [3.8, 4) is 10.4 Å². The molecule has 0 bridgehead atoms. The number of carbonyl (C=O) groups excluding carboxylic acids is 2. The van der Waals surface area contributed by atoms with E-state index in [0.717, 1.165) is 37.0 Å². The van der Waals surface area contributed by atoms with Gasteiger partial charge < -0.3 is 10.1 Å². The van der Waals surface area contributed by atoms with Crippen LogP contribution in [0.3, 0.4) is 0 Å². The van der Waals surface area contributed by atoms with E-state index in [1.807, 2.05) is 0 Å². The number of aromatic nitrogens is 1. The summed E-state index contributed by atoms with van der Waals surface area (Å²) >= 11 is 1.12. The van der Waals surface area contributed by atoms with Gasteiger partial charge in [-0.25, -0.2) is 19.6 Å². The lowest BCUT2D eigenvalue weighted by molar-refractivity contribution is -0.118. The minimum atomic E-state index is -0.635. The largest absolute Gasteiger partial charge is 0.464 e. The zero-order valence-corrected chi connectivity index (χ0v) is 16.1. The van der Waals surface area contributed by atoms with Gasteiger partial charge in [-0.2, -0.15) is 0 Å². The van der Waals surface area contributed by atoms with Gasteiger partial charge in [0, 0.05) is 12.0 Å². The topological polar surface area (TPSA) is 92.3 Å². The lowest BCUT2D eigenvalue weighted by Crippen LogP contribution is -2.42. The molecule has 2 aromatic rings. The molecule has 2 aliphatic rings. The fourth-order valence-corrected chi connectivity index (χ4v) is 4.87. The highest BCUT2D eigenvalue weighted by atomic mass is 32.1. The Morgan fingerprint density at radius 3 is 2.89 bits per heavy atom. The summed E-state index contributed by atoms with van der Waals surface area (Å²) in [5.41, 5.74) is 6.86. The van der Waals surface area contributed by atoms with Gasteiger partial charge in [-0.3, -0.25) is 10.2 Å². The van der Waals surface area contributed by atoms with Gasteiger partial charge >= 0.3 is 5.97 Å². The lowest BCUT2D eigenvalue weighted by Gasteiger charge is -2.26. The molecule has 28 heavy (non-hydrogen) atoms. The van der Waals surface area contributed by atoms with Crippen molar-refractivity contribution in [2.45, 2.75) is 37.8 Å². The number of nitrogens with one attached hydrogen (secondary N) is 3. The summed E-state index contributed by atoms with van der Waals surface area (Å²) in [5.74, 6) is -1.02. The highest BCUT2D eigenvalue weighted by molar-refractivity contribution is 7.19. The summed E-state index contributed by atoms with van der Waals surface area (Å²) in [7, 11) is 1.26. The third-order valence-electron chi connectivity index (χ3n) is 5.28. The van der Waals surface area contributed by atoms with Crippen LogP contribution in [0.1, 0.15) is 36.2 Å².